The van der Waals surface area contributed by atoms with Gasteiger partial charge in [0.2, 0.25) is 0 Å². The van der Waals surface area contributed by atoms with Crippen LogP contribution in [0.4, 0.5) is 13.2 Å². The highest BCUT2D eigenvalue weighted by atomic mass is 19.4. The molecule has 5 heteroatoms. The third-order valence-electron chi connectivity index (χ3n) is 3.76. The number of carbonyl (C=O) groups is 1. The molecule has 1 saturated carbocycles. The van der Waals surface area contributed by atoms with Crippen LogP contribution in [-0.2, 0) is 4.79 Å². The Balaban J connectivity index is 2.37. The summed E-state index contributed by atoms with van der Waals surface area (Å²) in [4.78, 5) is 13.4. The van der Waals surface area contributed by atoms with Gasteiger partial charge in [0.1, 0.15) is 5.78 Å². The molecule has 1 aliphatic carbocycles. The van der Waals surface area contributed by atoms with Gasteiger partial charge < -0.3 is 4.90 Å². The molecule has 0 saturated heterocycles. The largest absolute Gasteiger partial charge is 0.390 e. The minimum Gasteiger partial charge on any atom is -0.305 e. The molecule has 106 valence electrons. The van der Waals surface area contributed by atoms with Crippen molar-refractivity contribution < 1.29 is 18.0 Å². The second-order valence-corrected chi connectivity index (χ2v) is 5.34. The first kappa shape index (κ1) is 15.5. The number of nitrogens with zero attached hydrogens (tertiary/aromatic N) is 1. The van der Waals surface area contributed by atoms with Crippen LogP contribution in [0.1, 0.15) is 39.0 Å². The van der Waals surface area contributed by atoms with Gasteiger partial charge in [0.05, 0.1) is 6.42 Å². The molecule has 0 aromatic rings. The molecule has 0 aromatic carbocycles. The van der Waals surface area contributed by atoms with E-state index in [0.717, 1.165) is 19.3 Å². The Hall–Kier alpha value is -0.580. The Labute approximate surface area is 107 Å². The molecular weight excluding hydrogens is 243 g/mol. The number of alkyl halides is 3. The van der Waals surface area contributed by atoms with E-state index in [2.05, 4.69) is 6.92 Å². The van der Waals surface area contributed by atoms with E-state index in [0.29, 0.717) is 18.9 Å². The van der Waals surface area contributed by atoms with E-state index < -0.39 is 12.6 Å². The van der Waals surface area contributed by atoms with Gasteiger partial charge in [0, 0.05) is 25.4 Å². The van der Waals surface area contributed by atoms with E-state index in [1.54, 1.807) is 11.9 Å². The van der Waals surface area contributed by atoms with E-state index >= 15 is 0 Å². The zero-order chi connectivity index (χ0) is 13.8. The Bertz CT molecular complexity index is 278. The van der Waals surface area contributed by atoms with Gasteiger partial charge in [-0.05, 0) is 25.8 Å². The van der Waals surface area contributed by atoms with E-state index in [4.69, 9.17) is 0 Å². The average molecular weight is 265 g/mol. The molecule has 0 aliphatic heterocycles. The van der Waals surface area contributed by atoms with Crippen LogP contribution in [0.15, 0.2) is 0 Å². The van der Waals surface area contributed by atoms with Crippen molar-refractivity contribution in [1.29, 1.82) is 0 Å². The molecule has 0 spiro atoms. The summed E-state index contributed by atoms with van der Waals surface area (Å²) in [6, 6.07) is 0. The van der Waals surface area contributed by atoms with Gasteiger partial charge in [-0.2, -0.15) is 13.2 Å². The fourth-order valence-electron chi connectivity index (χ4n) is 2.53. The first-order valence-electron chi connectivity index (χ1n) is 6.59. The van der Waals surface area contributed by atoms with Crippen molar-refractivity contribution in [1.82, 2.24) is 4.90 Å². The van der Waals surface area contributed by atoms with Crippen LogP contribution in [-0.4, -0.2) is 37.0 Å². The van der Waals surface area contributed by atoms with Crippen molar-refractivity contribution in [2.45, 2.75) is 45.2 Å². The number of hydrogen-bond acceptors (Lipinski definition) is 2. The molecule has 0 heterocycles. The summed E-state index contributed by atoms with van der Waals surface area (Å²) in [5.41, 5.74) is 0. The first-order valence-corrected chi connectivity index (χ1v) is 6.59. The minimum absolute atomic E-state index is 0.0237. The van der Waals surface area contributed by atoms with E-state index in [9.17, 15) is 18.0 Å². The highest BCUT2D eigenvalue weighted by Crippen LogP contribution is 2.29. The van der Waals surface area contributed by atoms with Crippen LogP contribution in [0.5, 0.6) is 0 Å². The molecule has 1 fully saturated rings. The zero-order valence-corrected chi connectivity index (χ0v) is 11.1. The van der Waals surface area contributed by atoms with E-state index in [1.165, 1.54) is 0 Å². The Morgan fingerprint density at radius 2 is 2.06 bits per heavy atom. The number of ketones is 1. The monoisotopic (exact) mass is 265 g/mol. The third-order valence-corrected chi connectivity index (χ3v) is 3.76. The fourth-order valence-corrected chi connectivity index (χ4v) is 2.53. The average Bonchev–Trinajstić information content (AvgIpc) is 2.28. The van der Waals surface area contributed by atoms with Crippen LogP contribution in [0.3, 0.4) is 0 Å². The molecule has 18 heavy (non-hydrogen) atoms. The predicted molar refractivity (Wildman–Crippen MR) is 64.3 cm³/mol. The van der Waals surface area contributed by atoms with Crippen LogP contribution in [0.2, 0.25) is 0 Å². The molecule has 0 N–H and O–H groups in total. The normalized spacial score (nSPS) is 25.8. The van der Waals surface area contributed by atoms with Crippen molar-refractivity contribution in [2.75, 3.05) is 20.1 Å². The maximum Gasteiger partial charge on any atom is 0.390 e. The molecular formula is C13H22F3NO. The van der Waals surface area contributed by atoms with E-state index in [-0.39, 0.29) is 18.2 Å². The van der Waals surface area contributed by atoms with Gasteiger partial charge in [0.15, 0.2) is 0 Å². The van der Waals surface area contributed by atoms with Gasteiger partial charge >= 0.3 is 6.18 Å². The topological polar surface area (TPSA) is 20.3 Å². The smallest absolute Gasteiger partial charge is 0.305 e. The third kappa shape index (κ3) is 5.38. The molecule has 0 bridgehead atoms. The maximum absolute atomic E-state index is 12.1. The van der Waals surface area contributed by atoms with Gasteiger partial charge in [-0.25, -0.2) is 0 Å². The summed E-state index contributed by atoms with van der Waals surface area (Å²) < 4.78 is 36.3. The SMILES string of the molecule is CCC1CCC(=O)C(CN(C)CCC(F)(F)F)C1. The summed E-state index contributed by atoms with van der Waals surface area (Å²) >= 11 is 0. The van der Waals surface area contributed by atoms with Crippen molar-refractivity contribution in [3.8, 4) is 0 Å². The molecule has 2 nitrogen and oxygen atoms in total. The summed E-state index contributed by atoms with van der Waals surface area (Å²) in [5, 5.41) is 0. The van der Waals surface area contributed by atoms with Crippen molar-refractivity contribution in [3.05, 3.63) is 0 Å². The number of halogens is 3. The maximum atomic E-state index is 12.1. The lowest BCUT2D eigenvalue weighted by molar-refractivity contribution is -0.138. The highest BCUT2D eigenvalue weighted by Gasteiger charge is 2.30. The lowest BCUT2D eigenvalue weighted by Gasteiger charge is -2.30. The lowest BCUT2D eigenvalue weighted by Crippen LogP contribution is -2.36. The Morgan fingerprint density at radius 1 is 1.39 bits per heavy atom. The summed E-state index contributed by atoms with van der Waals surface area (Å²) in [6.07, 6.45) is -1.49. The standard InChI is InChI=1S/C13H22F3NO/c1-3-10-4-5-12(18)11(8-10)9-17(2)7-6-13(14,15)16/h10-11H,3-9H2,1-2H3. The van der Waals surface area contributed by atoms with Gasteiger partial charge in [0.25, 0.3) is 0 Å². The predicted octanol–water partition coefficient (Wildman–Crippen LogP) is 3.27. The van der Waals surface area contributed by atoms with Crippen molar-refractivity contribution >= 4 is 5.78 Å². The zero-order valence-electron chi connectivity index (χ0n) is 11.1. The molecule has 2 unspecified atom stereocenters. The first-order chi connectivity index (χ1) is 8.31. The van der Waals surface area contributed by atoms with Crippen LogP contribution < -0.4 is 0 Å². The molecule has 1 rings (SSSR count). The Morgan fingerprint density at radius 3 is 2.61 bits per heavy atom. The highest BCUT2D eigenvalue weighted by molar-refractivity contribution is 5.81. The number of carbonyl (C=O) groups excluding carboxylic acids is 1. The van der Waals surface area contributed by atoms with Gasteiger partial charge in [-0.15, -0.1) is 0 Å². The van der Waals surface area contributed by atoms with Crippen LogP contribution >= 0.6 is 0 Å². The second-order valence-electron chi connectivity index (χ2n) is 5.34. The minimum atomic E-state index is -4.11. The van der Waals surface area contributed by atoms with Crippen LogP contribution in [0, 0.1) is 11.8 Å². The molecule has 0 aromatic heterocycles. The fraction of sp³-hybridized carbons (Fsp3) is 0.923. The van der Waals surface area contributed by atoms with Crippen molar-refractivity contribution in [2.24, 2.45) is 11.8 Å². The molecule has 0 amide bonds. The Kier molecular flexibility index (Phi) is 5.63. The quantitative estimate of drug-likeness (QED) is 0.760. The van der Waals surface area contributed by atoms with Crippen LogP contribution in [0.25, 0.3) is 0 Å². The summed E-state index contributed by atoms with van der Waals surface area (Å²) in [7, 11) is 1.66. The molecule has 0 radical (unpaired) electrons. The summed E-state index contributed by atoms with van der Waals surface area (Å²) in [6.45, 7) is 2.54. The van der Waals surface area contributed by atoms with Crippen molar-refractivity contribution in [3.63, 3.8) is 0 Å². The summed E-state index contributed by atoms with van der Waals surface area (Å²) in [5.74, 6) is 0.712. The number of Topliss-reactive ketones (excluding diaryl/α,β-unsaturated/α-hetero) is 1. The van der Waals surface area contributed by atoms with Gasteiger partial charge in [-0.1, -0.05) is 13.3 Å². The second kappa shape index (κ2) is 6.55. The molecule has 1 aliphatic rings. The number of hydrogen-bond donors (Lipinski definition) is 0. The number of rotatable bonds is 5. The van der Waals surface area contributed by atoms with Gasteiger partial charge in [-0.3, -0.25) is 4.79 Å². The molecule has 2 atom stereocenters. The lowest BCUT2D eigenvalue weighted by atomic mass is 9.79. The van der Waals surface area contributed by atoms with E-state index in [1.807, 2.05) is 0 Å².